The van der Waals surface area contributed by atoms with Crippen molar-refractivity contribution >= 4 is 34.2 Å². The molecule has 0 spiro atoms. The summed E-state index contributed by atoms with van der Waals surface area (Å²) in [5.74, 6) is 2.22. The average Bonchev–Trinajstić information content (AvgIpc) is 2.75. The van der Waals surface area contributed by atoms with Crippen LogP contribution in [-0.2, 0) is 6.42 Å². The molecule has 0 bridgehead atoms. The molecule has 0 saturated carbocycles. The molecule has 0 radical (unpaired) electrons. The van der Waals surface area contributed by atoms with E-state index >= 15 is 0 Å². The maximum Gasteiger partial charge on any atom is 0.194 e. The van der Waals surface area contributed by atoms with Crippen LogP contribution in [-0.4, -0.2) is 10.9 Å². The van der Waals surface area contributed by atoms with Crippen LogP contribution in [0.25, 0.3) is 11.3 Å². The van der Waals surface area contributed by atoms with Crippen molar-refractivity contribution < 1.29 is 4.42 Å². The second kappa shape index (κ2) is 5.68. The SMILES string of the molecule is ClCCCc1ncc(-c2cccc(I)c2)o1. The molecular weight excluding hydrogens is 336 g/mol. The number of hydrogen-bond acceptors (Lipinski definition) is 2. The molecule has 0 N–H and O–H groups in total. The van der Waals surface area contributed by atoms with Gasteiger partial charge in [-0.15, -0.1) is 11.6 Å². The molecule has 4 heteroatoms. The highest BCUT2D eigenvalue weighted by atomic mass is 127. The Hall–Kier alpha value is -0.550. The molecule has 1 heterocycles. The number of halogens is 2. The van der Waals surface area contributed by atoms with Gasteiger partial charge < -0.3 is 4.42 Å². The molecule has 16 heavy (non-hydrogen) atoms. The summed E-state index contributed by atoms with van der Waals surface area (Å²) in [6.45, 7) is 0. The van der Waals surface area contributed by atoms with E-state index in [1.165, 1.54) is 3.57 Å². The van der Waals surface area contributed by atoms with Crippen LogP contribution in [0.5, 0.6) is 0 Å². The van der Waals surface area contributed by atoms with Crippen LogP contribution in [0.2, 0.25) is 0 Å². The summed E-state index contributed by atoms with van der Waals surface area (Å²) in [5.41, 5.74) is 1.07. The zero-order chi connectivity index (χ0) is 11.4. The summed E-state index contributed by atoms with van der Waals surface area (Å²) in [6.07, 6.45) is 3.47. The standard InChI is InChI=1S/C12H11ClINO/c13-6-2-5-12-15-8-11(16-12)9-3-1-4-10(14)7-9/h1,3-4,7-8H,2,5-6H2. The Morgan fingerprint density at radius 3 is 3.00 bits per heavy atom. The highest BCUT2D eigenvalue weighted by Crippen LogP contribution is 2.22. The van der Waals surface area contributed by atoms with Crippen molar-refractivity contribution in [2.75, 3.05) is 5.88 Å². The number of aryl methyl sites for hydroxylation is 1. The van der Waals surface area contributed by atoms with Gasteiger partial charge in [0.25, 0.3) is 0 Å². The van der Waals surface area contributed by atoms with Gasteiger partial charge in [-0.2, -0.15) is 0 Å². The summed E-state index contributed by atoms with van der Waals surface area (Å²) < 4.78 is 6.84. The number of benzene rings is 1. The molecule has 1 aromatic carbocycles. The average molecular weight is 348 g/mol. The first-order valence-corrected chi connectivity index (χ1v) is 6.67. The zero-order valence-corrected chi connectivity index (χ0v) is 11.5. The molecule has 0 atom stereocenters. The predicted molar refractivity (Wildman–Crippen MR) is 73.7 cm³/mol. The van der Waals surface area contributed by atoms with Crippen molar-refractivity contribution in [1.82, 2.24) is 4.98 Å². The monoisotopic (exact) mass is 347 g/mol. The summed E-state index contributed by atoms with van der Waals surface area (Å²) in [5, 5.41) is 0. The molecule has 0 amide bonds. The number of rotatable bonds is 4. The molecule has 2 nitrogen and oxygen atoms in total. The third-order valence-electron chi connectivity index (χ3n) is 2.19. The van der Waals surface area contributed by atoms with Gasteiger partial charge in [-0.1, -0.05) is 12.1 Å². The minimum Gasteiger partial charge on any atom is -0.441 e. The third-order valence-corrected chi connectivity index (χ3v) is 3.13. The lowest BCUT2D eigenvalue weighted by Gasteiger charge is -1.96. The Labute approximate surface area is 113 Å². The van der Waals surface area contributed by atoms with E-state index in [4.69, 9.17) is 16.0 Å². The fourth-order valence-corrected chi connectivity index (χ4v) is 2.10. The first-order valence-electron chi connectivity index (χ1n) is 5.06. The Morgan fingerprint density at radius 1 is 1.38 bits per heavy atom. The van der Waals surface area contributed by atoms with Gasteiger partial charge in [-0.05, 0) is 41.1 Å². The molecule has 0 aliphatic carbocycles. The van der Waals surface area contributed by atoms with E-state index in [2.05, 4.69) is 39.7 Å². The number of oxazole rings is 1. The van der Waals surface area contributed by atoms with E-state index < -0.39 is 0 Å². The number of alkyl halides is 1. The van der Waals surface area contributed by atoms with Gasteiger partial charge in [0.1, 0.15) is 0 Å². The Kier molecular flexibility index (Phi) is 4.23. The summed E-state index contributed by atoms with van der Waals surface area (Å²) in [4.78, 5) is 4.23. The van der Waals surface area contributed by atoms with Gasteiger partial charge in [0.2, 0.25) is 0 Å². The molecular formula is C12H11ClINO. The van der Waals surface area contributed by atoms with Gasteiger partial charge in [0.05, 0.1) is 6.20 Å². The fraction of sp³-hybridized carbons (Fsp3) is 0.250. The molecule has 2 rings (SSSR count). The van der Waals surface area contributed by atoms with Gasteiger partial charge in [-0.3, -0.25) is 0 Å². The molecule has 1 aromatic heterocycles. The van der Waals surface area contributed by atoms with E-state index in [9.17, 15) is 0 Å². The van der Waals surface area contributed by atoms with Crippen LogP contribution in [0.1, 0.15) is 12.3 Å². The van der Waals surface area contributed by atoms with Crippen molar-refractivity contribution in [3.05, 3.63) is 39.9 Å². The molecule has 0 fully saturated rings. The molecule has 2 aromatic rings. The van der Waals surface area contributed by atoms with Gasteiger partial charge >= 0.3 is 0 Å². The van der Waals surface area contributed by atoms with Gasteiger partial charge in [0.15, 0.2) is 11.7 Å². The molecule has 0 saturated heterocycles. The summed E-state index contributed by atoms with van der Waals surface area (Å²) in [6, 6.07) is 8.16. The summed E-state index contributed by atoms with van der Waals surface area (Å²) in [7, 11) is 0. The quantitative estimate of drug-likeness (QED) is 0.614. The molecule has 0 aliphatic heterocycles. The van der Waals surface area contributed by atoms with Crippen LogP contribution in [0.3, 0.4) is 0 Å². The Bertz CT molecular complexity index is 470. The first-order chi connectivity index (χ1) is 7.79. The maximum absolute atomic E-state index is 5.65. The predicted octanol–water partition coefficient (Wildman–Crippen LogP) is 4.12. The van der Waals surface area contributed by atoms with Crippen molar-refractivity contribution in [2.45, 2.75) is 12.8 Å². The van der Waals surface area contributed by atoms with Crippen LogP contribution >= 0.6 is 34.2 Å². The van der Waals surface area contributed by atoms with Crippen molar-refractivity contribution in [1.29, 1.82) is 0 Å². The van der Waals surface area contributed by atoms with Crippen molar-refractivity contribution in [2.24, 2.45) is 0 Å². The van der Waals surface area contributed by atoms with Gasteiger partial charge in [-0.25, -0.2) is 4.98 Å². The lowest BCUT2D eigenvalue weighted by molar-refractivity contribution is 0.503. The second-order valence-electron chi connectivity index (χ2n) is 3.42. The Balaban J connectivity index is 2.18. The van der Waals surface area contributed by atoms with E-state index in [-0.39, 0.29) is 0 Å². The topological polar surface area (TPSA) is 26.0 Å². The Morgan fingerprint density at radius 2 is 2.25 bits per heavy atom. The van der Waals surface area contributed by atoms with Crippen molar-refractivity contribution in [3.8, 4) is 11.3 Å². The lowest BCUT2D eigenvalue weighted by atomic mass is 10.2. The second-order valence-corrected chi connectivity index (χ2v) is 5.04. The molecule has 84 valence electrons. The minimum absolute atomic E-state index is 0.640. The molecule has 0 aliphatic rings. The maximum atomic E-state index is 5.65. The lowest BCUT2D eigenvalue weighted by Crippen LogP contribution is -1.84. The van der Waals surface area contributed by atoms with E-state index in [0.29, 0.717) is 5.88 Å². The van der Waals surface area contributed by atoms with Crippen LogP contribution in [0.15, 0.2) is 34.9 Å². The number of hydrogen-bond donors (Lipinski definition) is 0. The van der Waals surface area contributed by atoms with Crippen LogP contribution < -0.4 is 0 Å². The zero-order valence-electron chi connectivity index (χ0n) is 8.62. The largest absolute Gasteiger partial charge is 0.441 e. The third kappa shape index (κ3) is 2.98. The normalized spacial score (nSPS) is 10.6. The van der Waals surface area contributed by atoms with E-state index in [1.807, 2.05) is 12.1 Å². The summed E-state index contributed by atoms with van der Waals surface area (Å²) >= 11 is 7.91. The van der Waals surface area contributed by atoms with Crippen LogP contribution in [0, 0.1) is 3.57 Å². The molecule has 0 unspecified atom stereocenters. The number of aromatic nitrogens is 1. The first kappa shape index (κ1) is 11.9. The number of nitrogens with zero attached hydrogens (tertiary/aromatic N) is 1. The van der Waals surface area contributed by atoms with E-state index in [0.717, 1.165) is 30.1 Å². The van der Waals surface area contributed by atoms with Gasteiger partial charge in [0, 0.05) is 21.4 Å². The highest BCUT2D eigenvalue weighted by molar-refractivity contribution is 14.1. The highest BCUT2D eigenvalue weighted by Gasteiger charge is 2.06. The smallest absolute Gasteiger partial charge is 0.194 e. The van der Waals surface area contributed by atoms with E-state index in [1.54, 1.807) is 6.20 Å². The fourth-order valence-electron chi connectivity index (χ4n) is 1.42. The minimum atomic E-state index is 0.640. The van der Waals surface area contributed by atoms with Crippen LogP contribution in [0.4, 0.5) is 0 Å². The van der Waals surface area contributed by atoms with Crippen molar-refractivity contribution in [3.63, 3.8) is 0 Å².